The Morgan fingerprint density at radius 3 is 1.89 bits per heavy atom. The third kappa shape index (κ3) is 17.7. The molecule has 108 valence electrons. The zero-order valence-electron chi connectivity index (χ0n) is 12.6. The van der Waals surface area contributed by atoms with E-state index in [9.17, 15) is 9.59 Å². The second kappa shape index (κ2) is 18.7. The second-order valence-corrected chi connectivity index (χ2v) is 4.82. The smallest absolute Gasteiger partial charge is 0.123 e. The molecule has 0 radical (unpaired) electrons. The predicted molar refractivity (Wildman–Crippen MR) is 78.8 cm³/mol. The van der Waals surface area contributed by atoms with E-state index in [0.29, 0.717) is 5.92 Å². The first-order valence-electron chi connectivity index (χ1n) is 7.65. The molecule has 0 aliphatic heterocycles. The molecule has 2 nitrogen and oxygen atoms in total. The molecule has 0 aliphatic rings. The van der Waals surface area contributed by atoms with Crippen LogP contribution in [-0.2, 0) is 9.59 Å². The van der Waals surface area contributed by atoms with Gasteiger partial charge in [-0.3, -0.25) is 0 Å². The number of aldehydes is 2. The Morgan fingerprint density at radius 2 is 1.44 bits per heavy atom. The summed E-state index contributed by atoms with van der Waals surface area (Å²) in [6.45, 7) is 6.41. The summed E-state index contributed by atoms with van der Waals surface area (Å²) in [5, 5.41) is 0. The molecule has 0 aliphatic carbocycles. The van der Waals surface area contributed by atoms with E-state index in [1.54, 1.807) is 0 Å². The number of unbranched alkanes of at least 4 members (excludes halogenated alkanes) is 6. The van der Waals surface area contributed by atoms with Crippen LogP contribution in [0.25, 0.3) is 0 Å². The molecule has 0 aromatic carbocycles. The van der Waals surface area contributed by atoms with Crippen LogP contribution >= 0.6 is 0 Å². The summed E-state index contributed by atoms with van der Waals surface area (Å²) in [5.41, 5.74) is 0. The summed E-state index contributed by atoms with van der Waals surface area (Å²) < 4.78 is 0. The topological polar surface area (TPSA) is 34.1 Å². The highest BCUT2D eigenvalue weighted by atomic mass is 16.1. The van der Waals surface area contributed by atoms with Crippen LogP contribution < -0.4 is 0 Å². The Hall–Kier alpha value is -0.660. The number of carbonyl (C=O) groups is 2. The van der Waals surface area contributed by atoms with Gasteiger partial charge in [0, 0.05) is 12.3 Å². The lowest BCUT2D eigenvalue weighted by molar-refractivity contribution is -0.111. The van der Waals surface area contributed by atoms with E-state index in [1.807, 2.05) is 0 Å². The second-order valence-electron chi connectivity index (χ2n) is 4.82. The Morgan fingerprint density at radius 1 is 0.833 bits per heavy atom. The van der Waals surface area contributed by atoms with Crippen molar-refractivity contribution < 1.29 is 9.59 Å². The van der Waals surface area contributed by atoms with Gasteiger partial charge in [0.05, 0.1) is 0 Å². The number of rotatable bonds is 11. The molecule has 0 rings (SSSR count). The van der Waals surface area contributed by atoms with E-state index < -0.39 is 0 Å². The molecular weight excluding hydrogens is 224 g/mol. The zero-order valence-corrected chi connectivity index (χ0v) is 12.6. The largest absolute Gasteiger partial charge is 0.303 e. The Balaban J connectivity index is 0. The highest BCUT2D eigenvalue weighted by molar-refractivity contribution is 5.53. The van der Waals surface area contributed by atoms with Gasteiger partial charge in [0.25, 0.3) is 0 Å². The lowest BCUT2D eigenvalue weighted by atomic mass is 10.0. The van der Waals surface area contributed by atoms with Crippen molar-refractivity contribution >= 4 is 12.6 Å². The van der Waals surface area contributed by atoms with Crippen molar-refractivity contribution in [1.29, 1.82) is 0 Å². The van der Waals surface area contributed by atoms with Crippen molar-refractivity contribution in [1.82, 2.24) is 0 Å². The van der Waals surface area contributed by atoms with Crippen molar-refractivity contribution in [2.45, 2.75) is 85.0 Å². The standard InChI is InChI=1S/2C8H16O/c1-3-5-6-8(4-2)7-9;1-2-3-4-5-6-7-8-9/h7-8H,3-6H2,1-2H3;8H,2-7H2,1H3. The monoisotopic (exact) mass is 256 g/mol. The van der Waals surface area contributed by atoms with Crippen LogP contribution in [0.15, 0.2) is 0 Å². The Kier molecular flexibility index (Phi) is 20.4. The molecule has 0 aromatic heterocycles. The molecule has 0 saturated heterocycles. The molecule has 0 spiro atoms. The van der Waals surface area contributed by atoms with E-state index in [-0.39, 0.29) is 0 Å². The molecule has 0 saturated carbocycles. The first-order chi connectivity index (χ1) is 8.76. The van der Waals surface area contributed by atoms with Crippen molar-refractivity contribution in [3.05, 3.63) is 0 Å². The van der Waals surface area contributed by atoms with Gasteiger partial charge in [0.15, 0.2) is 0 Å². The van der Waals surface area contributed by atoms with Crippen molar-refractivity contribution in [3.63, 3.8) is 0 Å². The molecule has 18 heavy (non-hydrogen) atoms. The summed E-state index contributed by atoms with van der Waals surface area (Å²) in [6.07, 6.45) is 13.5. The van der Waals surface area contributed by atoms with E-state index in [2.05, 4.69) is 20.8 Å². The third-order valence-corrected chi connectivity index (χ3v) is 3.07. The maximum atomic E-state index is 10.2. The molecule has 0 N–H and O–H groups in total. The van der Waals surface area contributed by atoms with Gasteiger partial charge >= 0.3 is 0 Å². The van der Waals surface area contributed by atoms with Gasteiger partial charge in [-0.1, -0.05) is 59.3 Å². The molecule has 0 heterocycles. The third-order valence-electron chi connectivity index (χ3n) is 3.07. The van der Waals surface area contributed by atoms with E-state index in [4.69, 9.17) is 0 Å². The van der Waals surface area contributed by atoms with Gasteiger partial charge < -0.3 is 9.59 Å². The summed E-state index contributed by atoms with van der Waals surface area (Å²) in [5.74, 6) is 0.324. The minimum Gasteiger partial charge on any atom is -0.303 e. The average Bonchev–Trinajstić information content (AvgIpc) is 2.41. The zero-order chi connectivity index (χ0) is 14.1. The van der Waals surface area contributed by atoms with E-state index in [0.717, 1.165) is 38.3 Å². The van der Waals surface area contributed by atoms with Crippen LogP contribution in [0.5, 0.6) is 0 Å². The molecule has 0 amide bonds. The highest BCUT2D eigenvalue weighted by Gasteiger charge is 2.01. The van der Waals surface area contributed by atoms with Gasteiger partial charge in [0.2, 0.25) is 0 Å². The first kappa shape index (κ1) is 19.7. The lowest BCUT2D eigenvalue weighted by Crippen LogP contribution is -1.98. The van der Waals surface area contributed by atoms with Crippen LogP contribution in [0.1, 0.15) is 85.0 Å². The van der Waals surface area contributed by atoms with Crippen molar-refractivity contribution in [2.75, 3.05) is 0 Å². The molecule has 1 unspecified atom stereocenters. The Bertz CT molecular complexity index is 166. The van der Waals surface area contributed by atoms with Gasteiger partial charge in [-0.25, -0.2) is 0 Å². The molecule has 1 atom stereocenters. The maximum Gasteiger partial charge on any atom is 0.123 e. The molecule has 2 heteroatoms. The van der Waals surface area contributed by atoms with Gasteiger partial charge in [-0.2, -0.15) is 0 Å². The van der Waals surface area contributed by atoms with Crippen molar-refractivity contribution in [3.8, 4) is 0 Å². The fraction of sp³-hybridized carbons (Fsp3) is 0.875. The summed E-state index contributed by atoms with van der Waals surface area (Å²) in [6, 6.07) is 0. The van der Waals surface area contributed by atoms with E-state index in [1.165, 1.54) is 38.5 Å². The quantitative estimate of drug-likeness (QED) is 0.387. The van der Waals surface area contributed by atoms with Gasteiger partial charge in [-0.05, 0) is 19.3 Å². The fourth-order valence-electron chi connectivity index (χ4n) is 1.67. The number of hydrogen-bond donors (Lipinski definition) is 0. The summed E-state index contributed by atoms with van der Waals surface area (Å²) >= 11 is 0. The predicted octanol–water partition coefficient (Wildman–Crippen LogP) is 4.95. The highest BCUT2D eigenvalue weighted by Crippen LogP contribution is 2.08. The van der Waals surface area contributed by atoms with Crippen molar-refractivity contribution in [2.24, 2.45) is 5.92 Å². The summed E-state index contributed by atoms with van der Waals surface area (Å²) in [7, 11) is 0. The number of carbonyl (C=O) groups excluding carboxylic acids is 2. The van der Waals surface area contributed by atoms with Crippen LogP contribution in [-0.4, -0.2) is 12.6 Å². The fourth-order valence-corrected chi connectivity index (χ4v) is 1.67. The van der Waals surface area contributed by atoms with E-state index >= 15 is 0 Å². The molecular formula is C16H32O2. The van der Waals surface area contributed by atoms with Crippen LogP contribution in [0.2, 0.25) is 0 Å². The average molecular weight is 256 g/mol. The summed E-state index contributed by atoms with van der Waals surface area (Å²) in [4.78, 5) is 20.1. The van der Waals surface area contributed by atoms with Crippen LogP contribution in [0.3, 0.4) is 0 Å². The molecule has 0 aromatic rings. The Labute approximate surface area is 114 Å². The van der Waals surface area contributed by atoms with Gasteiger partial charge in [-0.15, -0.1) is 0 Å². The minimum atomic E-state index is 0.324. The van der Waals surface area contributed by atoms with Gasteiger partial charge in [0.1, 0.15) is 12.6 Å². The SMILES string of the molecule is CCCCC(C=O)CC.CCCCCCCC=O. The first-order valence-corrected chi connectivity index (χ1v) is 7.65. The number of hydrogen-bond acceptors (Lipinski definition) is 2. The maximum absolute atomic E-state index is 10.2. The van der Waals surface area contributed by atoms with Crippen LogP contribution in [0.4, 0.5) is 0 Å². The van der Waals surface area contributed by atoms with Crippen LogP contribution in [0, 0.1) is 5.92 Å². The normalized spacial score (nSPS) is 11.3. The minimum absolute atomic E-state index is 0.324. The lowest BCUT2D eigenvalue weighted by Gasteiger charge is -2.03. The molecule has 0 bridgehead atoms. The molecule has 0 fully saturated rings.